The number of hydrogen-bond acceptors (Lipinski definition) is 3. The Hall–Kier alpha value is -1.84. The molecule has 0 bridgehead atoms. The average Bonchev–Trinajstić information content (AvgIpc) is 2.18. The number of esters is 1. The van der Waals surface area contributed by atoms with Crippen molar-refractivity contribution in [3.05, 3.63) is 35.9 Å². The quantitative estimate of drug-likeness (QED) is 0.591. The lowest BCUT2D eigenvalue weighted by Gasteiger charge is -2.24. The highest BCUT2D eigenvalue weighted by atomic mass is 16.6. The number of rotatable bonds is 2. The van der Waals surface area contributed by atoms with Crippen LogP contribution < -0.4 is 0 Å². The van der Waals surface area contributed by atoms with E-state index in [2.05, 4.69) is 0 Å². The second-order valence-corrected chi connectivity index (χ2v) is 3.57. The number of hydrogen-bond donors (Lipinski definition) is 1. The lowest BCUT2D eigenvalue weighted by atomic mass is 9.98. The fourth-order valence-electron chi connectivity index (χ4n) is 1.17. The third-order valence-electron chi connectivity index (χ3n) is 1.99. The molecule has 80 valence electrons. The SMILES string of the molecule is CC(C)(OC(=O)C(=O)O)c1ccccc1. The molecule has 15 heavy (non-hydrogen) atoms. The Bertz CT molecular complexity index is 367. The summed E-state index contributed by atoms with van der Waals surface area (Å²) in [6, 6.07) is 8.97. The summed E-state index contributed by atoms with van der Waals surface area (Å²) in [6.07, 6.45) is 0. The predicted molar refractivity (Wildman–Crippen MR) is 53.2 cm³/mol. The summed E-state index contributed by atoms with van der Waals surface area (Å²) in [7, 11) is 0. The smallest absolute Gasteiger partial charge is 0.418 e. The fourth-order valence-corrected chi connectivity index (χ4v) is 1.17. The highest BCUT2D eigenvalue weighted by Gasteiger charge is 2.28. The van der Waals surface area contributed by atoms with Gasteiger partial charge in [0.25, 0.3) is 0 Å². The maximum absolute atomic E-state index is 10.9. The Balaban J connectivity index is 2.85. The highest BCUT2D eigenvalue weighted by molar-refractivity contribution is 6.28. The maximum Gasteiger partial charge on any atom is 0.418 e. The van der Waals surface area contributed by atoms with Crippen LogP contribution in [0.5, 0.6) is 0 Å². The summed E-state index contributed by atoms with van der Waals surface area (Å²) in [5, 5.41) is 8.42. The van der Waals surface area contributed by atoms with E-state index in [9.17, 15) is 9.59 Å². The summed E-state index contributed by atoms with van der Waals surface area (Å²) in [5.41, 5.74) is -0.184. The monoisotopic (exact) mass is 208 g/mol. The van der Waals surface area contributed by atoms with Crippen LogP contribution in [-0.4, -0.2) is 17.0 Å². The van der Waals surface area contributed by atoms with Crippen LogP contribution in [0.15, 0.2) is 30.3 Å². The van der Waals surface area contributed by atoms with Gasteiger partial charge >= 0.3 is 11.9 Å². The first-order valence-corrected chi connectivity index (χ1v) is 4.45. The molecule has 0 aliphatic rings. The summed E-state index contributed by atoms with van der Waals surface area (Å²) in [5.74, 6) is -2.83. The fraction of sp³-hybridized carbons (Fsp3) is 0.273. The second kappa shape index (κ2) is 4.13. The Morgan fingerprint density at radius 3 is 2.20 bits per heavy atom. The first-order valence-electron chi connectivity index (χ1n) is 4.45. The molecule has 1 N–H and O–H groups in total. The molecule has 1 aromatic rings. The third-order valence-corrected chi connectivity index (χ3v) is 1.99. The number of carbonyl (C=O) groups is 2. The number of benzene rings is 1. The first kappa shape index (κ1) is 11.2. The molecule has 0 spiro atoms. The Labute approximate surface area is 87.5 Å². The summed E-state index contributed by atoms with van der Waals surface area (Å²) >= 11 is 0. The molecular weight excluding hydrogens is 196 g/mol. The van der Waals surface area contributed by atoms with Crippen molar-refractivity contribution in [2.45, 2.75) is 19.4 Å². The Kier molecular flexibility index (Phi) is 3.09. The standard InChI is InChI=1S/C11H12O4/c1-11(2,15-10(14)9(12)13)8-6-4-3-5-7-8/h3-7H,1-2H3,(H,12,13). The van der Waals surface area contributed by atoms with E-state index < -0.39 is 17.5 Å². The van der Waals surface area contributed by atoms with Crippen molar-refractivity contribution in [1.82, 2.24) is 0 Å². The molecule has 1 aromatic carbocycles. The van der Waals surface area contributed by atoms with E-state index >= 15 is 0 Å². The van der Waals surface area contributed by atoms with Gasteiger partial charge in [-0.25, -0.2) is 9.59 Å². The third kappa shape index (κ3) is 2.80. The number of carbonyl (C=O) groups excluding carboxylic acids is 1. The van der Waals surface area contributed by atoms with Crippen LogP contribution in [0.4, 0.5) is 0 Å². The van der Waals surface area contributed by atoms with Gasteiger partial charge in [0.05, 0.1) is 0 Å². The van der Waals surface area contributed by atoms with E-state index in [0.717, 1.165) is 5.56 Å². The summed E-state index contributed by atoms with van der Waals surface area (Å²) < 4.78 is 4.85. The molecule has 0 unspecified atom stereocenters. The molecule has 0 aliphatic heterocycles. The molecule has 0 saturated carbocycles. The predicted octanol–water partition coefficient (Wildman–Crippen LogP) is 1.55. The van der Waals surface area contributed by atoms with Gasteiger partial charge < -0.3 is 9.84 Å². The molecule has 0 amide bonds. The van der Waals surface area contributed by atoms with E-state index in [1.165, 1.54) is 0 Å². The zero-order valence-electron chi connectivity index (χ0n) is 8.56. The van der Waals surface area contributed by atoms with Crippen molar-refractivity contribution in [3.8, 4) is 0 Å². The Morgan fingerprint density at radius 2 is 1.73 bits per heavy atom. The van der Waals surface area contributed by atoms with Gasteiger partial charge in [-0.15, -0.1) is 0 Å². The minimum absolute atomic E-state index is 0.750. The normalized spacial score (nSPS) is 10.8. The van der Waals surface area contributed by atoms with Crippen molar-refractivity contribution in [2.24, 2.45) is 0 Å². The molecule has 4 nitrogen and oxygen atoms in total. The number of carboxylic acids is 1. The molecule has 4 heteroatoms. The van der Waals surface area contributed by atoms with Crippen LogP contribution in [-0.2, 0) is 19.9 Å². The molecule has 0 radical (unpaired) electrons. The maximum atomic E-state index is 10.9. The van der Waals surface area contributed by atoms with Crippen molar-refractivity contribution in [2.75, 3.05) is 0 Å². The minimum atomic E-state index is -1.58. The minimum Gasteiger partial charge on any atom is -0.473 e. The van der Waals surface area contributed by atoms with Gasteiger partial charge in [0.15, 0.2) is 0 Å². The van der Waals surface area contributed by atoms with Crippen LogP contribution in [0.2, 0.25) is 0 Å². The van der Waals surface area contributed by atoms with Crippen LogP contribution in [0.25, 0.3) is 0 Å². The number of aliphatic carboxylic acids is 1. The lowest BCUT2D eigenvalue weighted by molar-refractivity contribution is -0.173. The average molecular weight is 208 g/mol. The topological polar surface area (TPSA) is 63.6 Å². The summed E-state index contributed by atoms with van der Waals surface area (Å²) in [4.78, 5) is 21.2. The number of carboxylic acid groups (broad SMARTS) is 1. The van der Waals surface area contributed by atoms with Crippen molar-refractivity contribution >= 4 is 11.9 Å². The van der Waals surface area contributed by atoms with Crippen LogP contribution >= 0.6 is 0 Å². The van der Waals surface area contributed by atoms with Gasteiger partial charge in [0.1, 0.15) is 5.60 Å². The van der Waals surface area contributed by atoms with Crippen LogP contribution in [0.3, 0.4) is 0 Å². The second-order valence-electron chi connectivity index (χ2n) is 3.57. The van der Waals surface area contributed by atoms with Gasteiger partial charge in [-0.3, -0.25) is 0 Å². The molecule has 0 fully saturated rings. The summed E-state index contributed by atoms with van der Waals surface area (Å²) in [6.45, 7) is 3.28. The van der Waals surface area contributed by atoms with E-state index in [0.29, 0.717) is 0 Å². The van der Waals surface area contributed by atoms with Crippen molar-refractivity contribution in [1.29, 1.82) is 0 Å². The van der Waals surface area contributed by atoms with Crippen molar-refractivity contribution in [3.63, 3.8) is 0 Å². The lowest BCUT2D eigenvalue weighted by Crippen LogP contribution is -2.29. The van der Waals surface area contributed by atoms with Gasteiger partial charge in [-0.2, -0.15) is 0 Å². The van der Waals surface area contributed by atoms with E-state index in [4.69, 9.17) is 9.84 Å². The zero-order chi connectivity index (χ0) is 11.5. The van der Waals surface area contributed by atoms with Gasteiger partial charge in [-0.1, -0.05) is 30.3 Å². The molecule has 1 rings (SSSR count). The van der Waals surface area contributed by atoms with Gasteiger partial charge in [0.2, 0.25) is 0 Å². The molecular formula is C11H12O4. The van der Waals surface area contributed by atoms with Crippen molar-refractivity contribution < 1.29 is 19.4 Å². The highest BCUT2D eigenvalue weighted by Crippen LogP contribution is 2.24. The zero-order valence-corrected chi connectivity index (χ0v) is 8.56. The molecule has 0 aromatic heterocycles. The largest absolute Gasteiger partial charge is 0.473 e. The van der Waals surface area contributed by atoms with E-state index in [1.54, 1.807) is 38.1 Å². The van der Waals surface area contributed by atoms with E-state index in [-0.39, 0.29) is 0 Å². The van der Waals surface area contributed by atoms with Crippen LogP contribution in [0.1, 0.15) is 19.4 Å². The van der Waals surface area contributed by atoms with Gasteiger partial charge in [0, 0.05) is 0 Å². The molecule has 0 heterocycles. The first-order chi connectivity index (χ1) is 6.93. The van der Waals surface area contributed by atoms with E-state index in [1.807, 2.05) is 6.07 Å². The van der Waals surface area contributed by atoms with Gasteiger partial charge in [-0.05, 0) is 19.4 Å². The number of ether oxygens (including phenoxy) is 1. The van der Waals surface area contributed by atoms with Crippen LogP contribution in [0, 0.1) is 0 Å². The molecule has 0 saturated heterocycles. The molecule has 0 aliphatic carbocycles. The Morgan fingerprint density at radius 1 is 1.20 bits per heavy atom. The molecule has 0 atom stereocenters.